The van der Waals surface area contributed by atoms with Crippen molar-refractivity contribution in [2.75, 3.05) is 14.2 Å². The van der Waals surface area contributed by atoms with E-state index in [0.717, 1.165) is 20.4 Å². The maximum atomic E-state index is 12.6. The van der Waals surface area contributed by atoms with Crippen LogP contribution in [-0.4, -0.2) is 29.7 Å². The SMILES string of the molecule is COc1cc(OC)c2c(c1)sc(=NC(=O)c1nc3ccccc3s1)n2C. The van der Waals surface area contributed by atoms with E-state index in [0.29, 0.717) is 21.3 Å². The molecule has 0 unspecified atom stereocenters. The normalized spacial score (nSPS) is 12.0. The molecule has 2 aromatic heterocycles. The molecule has 0 spiro atoms. The summed E-state index contributed by atoms with van der Waals surface area (Å²) in [4.78, 5) is 21.9. The molecule has 26 heavy (non-hydrogen) atoms. The Labute approximate surface area is 157 Å². The Balaban J connectivity index is 1.84. The van der Waals surface area contributed by atoms with Crippen molar-refractivity contribution >= 4 is 49.0 Å². The number of fused-ring (bicyclic) bond motifs is 2. The monoisotopic (exact) mass is 385 g/mol. The van der Waals surface area contributed by atoms with Crippen molar-refractivity contribution in [2.24, 2.45) is 12.0 Å². The summed E-state index contributed by atoms with van der Waals surface area (Å²) in [5.74, 6) is 1.02. The third-order valence-corrected chi connectivity index (χ3v) is 6.07. The zero-order chi connectivity index (χ0) is 18.3. The van der Waals surface area contributed by atoms with Crippen LogP contribution in [0.15, 0.2) is 41.4 Å². The van der Waals surface area contributed by atoms with Crippen molar-refractivity contribution in [1.29, 1.82) is 0 Å². The van der Waals surface area contributed by atoms with Crippen LogP contribution in [-0.2, 0) is 7.05 Å². The van der Waals surface area contributed by atoms with Gasteiger partial charge in [-0.05, 0) is 18.2 Å². The predicted octanol–water partition coefficient (Wildman–Crippen LogP) is 3.61. The molecule has 4 aromatic rings. The molecule has 6 nitrogen and oxygen atoms in total. The summed E-state index contributed by atoms with van der Waals surface area (Å²) in [6, 6.07) is 11.4. The smallest absolute Gasteiger partial charge is 0.308 e. The molecule has 0 bridgehead atoms. The van der Waals surface area contributed by atoms with Crippen LogP contribution >= 0.6 is 22.7 Å². The molecule has 0 saturated heterocycles. The van der Waals surface area contributed by atoms with Crippen LogP contribution in [0.4, 0.5) is 0 Å². The summed E-state index contributed by atoms with van der Waals surface area (Å²) in [5, 5.41) is 0.383. The first kappa shape index (κ1) is 16.7. The lowest BCUT2D eigenvalue weighted by Crippen LogP contribution is -2.13. The van der Waals surface area contributed by atoms with Gasteiger partial charge in [-0.3, -0.25) is 4.79 Å². The van der Waals surface area contributed by atoms with Gasteiger partial charge in [0.1, 0.15) is 17.0 Å². The summed E-state index contributed by atoms with van der Waals surface area (Å²) in [6.45, 7) is 0. The fourth-order valence-corrected chi connectivity index (χ4v) is 4.61. The lowest BCUT2D eigenvalue weighted by Gasteiger charge is -2.06. The third kappa shape index (κ3) is 2.77. The Morgan fingerprint density at radius 2 is 1.92 bits per heavy atom. The molecule has 0 atom stereocenters. The van der Waals surface area contributed by atoms with Crippen LogP contribution in [0.1, 0.15) is 9.80 Å². The molecule has 0 aliphatic rings. The zero-order valence-corrected chi connectivity index (χ0v) is 16.0. The minimum Gasteiger partial charge on any atom is -0.497 e. The van der Waals surface area contributed by atoms with E-state index < -0.39 is 0 Å². The Morgan fingerprint density at radius 1 is 1.12 bits per heavy atom. The molecular formula is C18H15N3O3S2. The van der Waals surface area contributed by atoms with Gasteiger partial charge in [0.05, 0.1) is 29.1 Å². The van der Waals surface area contributed by atoms with E-state index >= 15 is 0 Å². The predicted molar refractivity (Wildman–Crippen MR) is 103 cm³/mol. The van der Waals surface area contributed by atoms with Crippen LogP contribution in [0.3, 0.4) is 0 Å². The van der Waals surface area contributed by atoms with Gasteiger partial charge in [0, 0.05) is 13.1 Å². The summed E-state index contributed by atoms with van der Waals surface area (Å²) >= 11 is 2.75. The Hall–Kier alpha value is -2.71. The minimum atomic E-state index is -0.348. The number of hydrogen-bond acceptors (Lipinski definition) is 6. The number of thiazole rings is 2. The average molecular weight is 385 g/mol. The largest absolute Gasteiger partial charge is 0.497 e. The number of amides is 1. The van der Waals surface area contributed by atoms with Gasteiger partial charge in [-0.1, -0.05) is 23.5 Å². The van der Waals surface area contributed by atoms with Gasteiger partial charge in [-0.2, -0.15) is 4.99 Å². The molecule has 0 aliphatic heterocycles. The Bertz CT molecular complexity index is 1170. The number of aromatic nitrogens is 2. The first-order chi connectivity index (χ1) is 12.6. The topological polar surface area (TPSA) is 65.7 Å². The molecule has 8 heteroatoms. The van der Waals surface area contributed by atoms with Crippen LogP contribution in [0.25, 0.3) is 20.4 Å². The van der Waals surface area contributed by atoms with Crippen LogP contribution in [0.5, 0.6) is 11.5 Å². The van der Waals surface area contributed by atoms with E-state index in [1.165, 1.54) is 22.7 Å². The van der Waals surface area contributed by atoms with E-state index in [-0.39, 0.29) is 5.91 Å². The number of methoxy groups -OCH3 is 2. The lowest BCUT2D eigenvalue weighted by molar-refractivity contribution is 0.0997. The summed E-state index contributed by atoms with van der Waals surface area (Å²) in [7, 11) is 5.07. The van der Waals surface area contributed by atoms with Gasteiger partial charge in [0.15, 0.2) is 9.81 Å². The van der Waals surface area contributed by atoms with Crippen molar-refractivity contribution in [3.63, 3.8) is 0 Å². The van der Waals surface area contributed by atoms with E-state index in [2.05, 4.69) is 9.98 Å². The number of aryl methyl sites for hydroxylation is 1. The fraction of sp³-hybridized carbons (Fsp3) is 0.167. The molecule has 132 valence electrons. The molecule has 0 aliphatic carbocycles. The number of para-hydroxylation sites is 1. The second-order valence-electron chi connectivity index (χ2n) is 5.52. The van der Waals surface area contributed by atoms with Crippen molar-refractivity contribution in [2.45, 2.75) is 0 Å². The highest BCUT2D eigenvalue weighted by Crippen LogP contribution is 2.32. The standard InChI is InChI=1S/C18H15N3O3S2/c1-21-15-12(24-3)8-10(23-2)9-14(15)26-18(21)20-16(22)17-19-11-6-4-5-7-13(11)25-17/h4-9H,1-3H3. The van der Waals surface area contributed by atoms with Crippen molar-refractivity contribution in [3.05, 3.63) is 46.2 Å². The number of carbonyl (C=O) groups is 1. The molecule has 0 fully saturated rings. The molecule has 1 amide bonds. The Kier molecular flexibility index (Phi) is 4.21. The minimum absolute atomic E-state index is 0.348. The average Bonchev–Trinajstić information content (AvgIpc) is 3.22. The summed E-state index contributed by atoms with van der Waals surface area (Å²) < 4.78 is 14.5. The summed E-state index contributed by atoms with van der Waals surface area (Å²) in [6.07, 6.45) is 0. The number of hydrogen-bond donors (Lipinski definition) is 0. The highest BCUT2D eigenvalue weighted by atomic mass is 32.1. The van der Waals surface area contributed by atoms with Gasteiger partial charge in [-0.15, -0.1) is 11.3 Å². The van der Waals surface area contributed by atoms with Gasteiger partial charge < -0.3 is 14.0 Å². The fourth-order valence-electron chi connectivity index (χ4n) is 2.70. The highest BCUT2D eigenvalue weighted by molar-refractivity contribution is 7.20. The van der Waals surface area contributed by atoms with Gasteiger partial charge >= 0.3 is 5.91 Å². The number of ether oxygens (including phenoxy) is 2. The Morgan fingerprint density at radius 3 is 2.65 bits per heavy atom. The molecule has 0 N–H and O–H groups in total. The van der Waals surface area contributed by atoms with Crippen molar-refractivity contribution < 1.29 is 14.3 Å². The van der Waals surface area contributed by atoms with Crippen molar-refractivity contribution in [1.82, 2.24) is 9.55 Å². The van der Waals surface area contributed by atoms with E-state index in [1.807, 2.05) is 48.0 Å². The van der Waals surface area contributed by atoms with Gasteiger partial charge in [0.25, 0.3) is 0 Å². The van der Waals surface area contributed by atoms with Gasteiger partial charge in [-0.25, -0.2) is 4.98 Å². The second kappa shape index (κ2) is 6.54. The lowest BCUT2D eigenvalue weighted by atomic mass is 10.3. The highest BCUT2D eigenvalue weighted by Gasteiger charge is 2.15. The molecule has 2 aromatic carbocycles. The number of carbonyl (C=O) groups excluding carboxylic acids is 1. The summed E-state index contributed by atoms with van der Waals surface area (Å²) in [5.41, 5.74) is 1.68. The van der Waals surface area contributed by atoms with E-state index in [4.69, 9.17) is 9.47 Å². The molecule has 2 heterocycles. The number of nitrogens with zero attached hydrogens (tertiary/aromatic N) is 3. The first-order valence-corrected chi connectivity index (χ1v) is 9.40. The number of rotatable bonds is 3. The quantitative estimate of drug-likeness (QED) is 0.540. The van der Waals surface area contributed by atoms with Crippen LogP contribution in [0.2, 0.25) is 0 Å². The van der Waals surface area contributed by atoms with Gasteiger partial charge in [0.2, 0.25) is 0 Å². The van der Waals surface area contributed by atoms with Crippen molar-refractivity contribution in [3.8, 4) is 11.5 Å². The maximum Gasteiger partial charge on any atom is 0.308 e. The maximum absolute atomic E-state index is 12.6. The number of benzene rings is 2. The molecular weight excluding hydrogens is 370 g/mol. The van der Waals surface area contributed by atoms with E-state index in [1.54, 1.807) is 14.2 Å². The van der Waals surface area contributed by atoms with Crippen LogP contribution < -0.4 is 14.3 Å². The molecule has 4 rings (SSSR count). The first-order valence-electron chi connectivity index (χ1n) is 7.77. The zero-order valence-electron chi connectivity index (χ0n) is 14.3. The second-order valence-corrected chi connectivity index (χ2v) is 7.56. The van der Waals surface area contributed by atoms with Crippen LogP contribution in [0, 0.1) is 0 Å². The van der Waals surface area contributed by atoms with E-state index in [9.17, 15) is 4.79 Å². The third-order valence-electron chi connectivity index (χ3n) is 3.97. The molecule has 0 saturated carbocycles. The molecule has 0 radical (unpaired) electrons.